The zero-order chi connectivity index (χ0) is 13.7. The van der Waals surface area contributed by atoms with Gasteiger partial charge in [-0.05, 0) is 12.5 Å². The normalized spacial score (nSPS) is 11.8. The molecule has 0 saturated carbocycles. The van der Waals surface area contributed by atoms with Crippen LogP contribution in [0.3, 0.4) is 0 Å². The van der Waals surface area contributed by atoms with Crippen LogP contribution in [0.5, 0.6) is 0 Å². The van der Waals surface area contributed by atoms with Gasteiger partial charge < -0.3 is 15.4 Å². The molecule has 18 heavy (non-hydrogen) atoms. The first kappa shape index (κ1) is 14.2. The number of nitrogens with zero attached hydrogens (tertiary/aromatic N) is 1. The Morgan fingerprint density at radius 3 is 2.39 bits per heavy atom. The number of methoxy groups -OCH3 is 1. The molecular weight excluding hydrogens is 232 g/mol. The van der Waals surface area contributed by atoms with Gasteiger partial charge >= 0.3 is 5.97 Å². The van der Waals surface area contributed by atoms with Crippen LogP contribution in [0.15, 0.2) is 24.3 Å². The summed E-state index contributed by atoms with van der Waals surface area (Å²) in [5, 5.41) is 0. The number of carbonyl (C=O) groups excluding carboxylic acids is 2. The van der Waals surface area contributed by atoms with E-state index in [1.54, 1.807) is 0 Å². The second-order valence-electron chi connectivity index (χ2n) is 4.16. The largest absolute Gasteiger partial charge is 0.468 e. The number of carbonyl (C=O) groups is 2. The quantitative estimate of drug-likeness (QED) is 0.795. The van der Waals surface area contributed by atoms with Gasteiger partial charge in [-0.2, -0.15) is 0 Å². The lowest BCUT2D eigenvalue weighted by atomic mass is 10.1. The Bertz CT molecular complexity index is 428. The van der Waals surface area contributed by atoms with Crippen molar-refractivity contribution in [1.29, 1.82) is 0 Å². The molecule has 1 atom stereocenters. The summed E-state index contributed by atoms with van der Waals surface area (Å²) in [6.45, 7) is 1.86. The van der Waals surface area contributed by atoms with Crippen LogP contribution in [-0.2, 0) is 14.3 Å². The molecule has 1 unspecified atom stereocenters. The van der Waals surface area contributed by atoms with E-state index >= 15 is 0 Å². The third-order valence-electron chi connectivity index (χ3n) is 2.67. The maximum atomic E-state index is 12.0. The lowest BCUT2D eigenvalue weighted by molar-refractivity contribution is -0.146. The number of ether oxygens (including phenoxy) is 1. The minimum absolute atomic E-state index is 0.102. The molecule has 2 N–H and O–H groups in total. The van der Waals surface area contributed by atoms with E-state index in [0.29, 0.717) is 0 Å². The van der Waals surface area contributed by atoms with E-state index in [4.69, 9.17) is 5.73 Å². The maximum absolute atomic E-state index is 12.0. The summed E-state index contributed by atoms with van der Waals surface area (Å²) in [4.78, 5) is 24.3. The summed E-state index contributed by atoms with van der Waals surface area (Å²) in [5.41, 5.74) is 7.69. The molecule has 98 valence electrons. The zero-order valence-electron chi connectivity index (χ0n) is 10.8. The molecule has 5 heteroatoms. The van der Waals surface area contributed by atoms with Crippen LogP contribution < -0.4 is 5.73 Å². The molecule has 0 saturated heterocycles. The van der Waals surface area contributed by atoms with Gasteiger partial charge in [0.1, 0.15) is 12.6 Å². The Morgan fingerprint density at radius 1 is 1.33 bits per heavy atom. The molecule has 0 aromatic heterocycles. The molecule has 1 aromatic rings. The van der Waals surface area contributed by atoms with Crippen molar-refractivity contribution in [2.24, 2.45) is 5.73 Å². The van der Waals surface area contributed by atoms with Gasteiger partial charge in [0.05, 0.1) is 7.11 Å². The van der Waals surface area contributed by atoms with Crippen molar-refractivity contribution in [2.45, 2.75) is 13.0 Å². The van der Waals surface area contributed by atoms with Gasteiger partial charge in [-0.15, -0.1) is 0 Å². The standard InChI is InChI=1S/C13H18N2O3/c1-9-4-6-10(7-5-9)12(14)13(17)15(2)8-11(16)18-3/h4-7,12H,8,14H2,1-3H3. The van der Waals surface area contributed by atoms with E-state index in [-0.39, 0.29) is 12.5 Å². The highest BCUT2D eigenvalue weighted by Gasteiger charge is 2.21. The van der Waals surface area contributed by atoms with Crippen LogP contribution in [0, 0.1) is 6.92 Å². The highest BCUT2D eigenvalue weighted by atomic mass is 16.5. The molecule has 1 aromatic carbocycles. The average molecular weight is 250 g/mol. The molecule has 0 spiro atoms. The zero-order valence-corrected chi connectivity index (χ0v) is 10.8. The molecule has 1 amide bonds. The van der Waals surface area contributed by atoms with Crippen LogP contribution in [0.1, 0.15) is 17.2 Å². The molecule has 0 aliphatic carbocycles. The van der Waals surface area contributed by atoms with Crippen molar-refractivity contribution in [3.63, 3.8) is 0 Å². The van der Waals surface area contributed by atoms with Gasteiger partial charge in [0.2, 0.25) is 5.91 Å². The van der Waals surface area contributed by atoms with E-state index in [0.717, 1.165) is 11.1 Å². The van der Waals surface area contributed by atoms with Gasteiger partial charge in [0, 0.05) is 7.05 Å². The van der Waals surface area contributed by atoms with Crippen molar-refractivity contribution < 1.29 is 14.3 Å². The summed E-state index contributed by atoms with van der Waals surface area (Å²) in [5.74, 6) is -0.786. The van der Waals surface area contributed by atoms with Crippen LogP contribution in [0.2, 0.25) is 0 Å². The molecule has 5 nitrogen and oxygen atoms in total. The second-order valence-corrected chi connectivity index (χ2v) is 4.16. The number of nitrogens with two attached hydrogens (primary N) is 1. The number of esters is 1. The molecule has 0 fully saturated rings. The van der Waals surface area contributed by atoms with Crippen LogP contribution >= 0.6 is 0 Å². The fourth-order valence-electron chi connectivity index (χ4n) is 1.49. The number of benzene rings is 1. The van der Waals surface area contributed by atoms with Gasteiger partial charge in [-0.25, -0.2) is 0 Å². The highest BCUT2D eigenvalue weighted by molar-refractivity contribution is 5.86. The number of likely N-dealkylation sites (N-methyl/N-ethyl adjacent to an activating group) is 1. The first-order valence-electron chi connectivity index (χ1n) is 5.59. The minimum atomic E-state index is -0.764. The fraction of sp³-hybridized carbons (Fsp3) is 0.385. The molecule has 0 heterocycles. The Hall–Kier alpha value is -1.88. The maximum Gasteiger partial charge on any atom is 0.325 e. The van der Waals surface area contributed by atoms with E-state index in [2.05, 4.69) is 4.74 Å². The van der Waals surface area contributed by atoms with E-state index in [9.17, 15) is 9.59 Å². The lowest BCUT2D eigenvalue weighted by Gasteiger charge is -2.20. The van der Waals surface area contributed by atoms with Gasteiger partial charge in [0.25, 0.3) is 0 Å². The second kappa shape index (κ2) is 6.16. The topological polar surface area (TPSA) is 72.6 Å². The van der Waals surface area contributed by atoms with E-state index < -0.39 is 12.0 Å². The van der Waals surface area contributed by atoms with Gasteiger partial charge in [0.15, 0.2) is 0 Å². The minimum Gasteiger partial charge on any atom is -0.468 e. The van der Waals surface area contributed by atoms with Crippen molar-refractivity contribution in [3.8, 4) is 0 Å². The smallest absolute Gasteiger partial charge is 0.325 e. The van der Waals surface area contributed by atoms with Crippen LogP contribution in [-0.4, -0.2) is 37.5 Å². The number of hydrogen-bond donors (Lipinski definition) is 1. The monoisotopic (exact) mass is 250 g/mol. The first-order chi connectivity index (χ1) is 8.45. The third kappa shape index (κ3) is 3.56. The Labute approximate surface area is 107 Å². The Morgan fingerprint density at radius 2 is 1.89 bits per heavy atom. The van der Waals surface area contributed by atoms with Crippen molar-refractivity contribution in [1.82, 2.24) is 4.90 Å². The van der Waals surface area contributed by atoms with E-state index in [1.807, 2.05) is 31.2 Å². The molecular formula is C13H18N2O3. The summed E-state index contributed by atoms with van der Waals surface area (Å²) in [6, 6.07) is 6.64. The number of aryl methyl sites for hydroxylation is 1. The number of rotatable bonds is 4. The first-order valence-corrected chi connectivity index (χ1v) is 5.59. The lowest BCUT2D eigenvalue weighted by Crippen LogP contribution is -2.39. The number of hydrogen-bond acceptors (Lipinski definition) is 4. The predicted octanol–water partition coefficient (Wildman–Crippen LogP) is 0.626. The summed E-state index contributed by atoms with van der Waals surface area (Å²) >= 11 is 0. The van der Waals surface area contributed by atoms with Crippen LogP contribution in [0.25, 0.3) is 0 Å². The Balaban J connectivity index is 2.71. The third-order valence-corrected chi connectivity index (χ3v) is 2.67. The summed E-state index contributed by atoms with van der Waals surface area (Å²) < 4.78 is 4.50. The molecule has 0 bridgehead atoms. The molecule has 0 radical (unpaired) electrons. The summed E-state index contributed by atoms with van der Waals surface area (Å²) in [7, 11) is 2.80. The molecule has 1 rings (SSSR count). The Kier molecular flexibility index (Phi) is 4.85. The van der Waals surface area contributed by atoms with Crippen molar-refractivity contribution in [2.75, 3.05) is 20.7 Å². The molecule has 0 aliphatic rings. The SMILES string of the molecule is COC(=O)CN(C)C(=O)C(N)c1ccc(C)cc1. The van der Waals surface area contributed by atoms with Crippen molar-refractivity contribution in [3.05, 3.63) is 35.4 Å². The van der Waals surface area contributed by atoms with Crippen molar-refractivity contribution >= 4 is 11.9 Å². The number of amides is 1. The fourth-order valence-corrected chi connectivity index (χ4v) is 1.49. The van der Waals surface area contributed by atoms with Gasteiger partial charge in [-0.3, -0.25) is 9.59 Å². The van der Waals surface area contributed by atoms with Crippen LogP contribution in [0.4, 0.5) is 0 Å². The highest BCUT2D eigenvalue weighted by Crippen LogP contribution is 2.13. The summed E-state index contributed by atoms with van der Waals surface area (Å²) in [6.07, 6.45) is 0. The van der Waals surface area contributed by atoms with E-state index in [1.165, 1.54) is 19.1 Å². The van der Waals surface area contributed by atoms with Gasteiger partial charge in [-0.1, -0.05) is 29.8 Å². The average Bonchev–Trinajstić information content (AvgIpc) is 2.37. The predicted molar refractivity (Wildman–Crippen MR) is 67.8 cm³/mol. The molecule has 0 aliphatic heterocycles.